The SMILES string of the molecule is Cc1cc(CC(=O)Nc2cnn(C(C)(C)C)c2)cc(F)c1Oc1ccnc2ccc(S(=O)(=O)C(C)(C)c3cccnn3)cc12. The lowest BCUT2D eigenvalue weighted by Crippen LogP contribution is -2.30. The molecule has 228 valence electrons. The summed E-state index contributed by atoms with van der Waals surface area (Å²) in [4.78, 5) is 17.1. The first-order chi connectivity index (χ1) is 20.7. The number of fused-ring (bicyclic) bond motifs is 1. The average Bonchev–Trinajstić information content (AvgIpc) is 3.44. The minimum atomic E-state index is -3.94. The third-order valence-electron chi connectivity index (χ3n) is 7.26. The summed E-state index contributed by atoms with van der Waals surface area (Å²) in [6.07, 6.45) is 6.23. The summed E-state index contributed by atoms with van der Waals surface area (Å²) in [5, 5.41) is 15.3. The summed E-state index contributed by atoms with van der Waals surface area (Å²) < 4.78 is 49.3. The second-order valence-electron chi connectivity index (χ2n) is 12.0. The molecule has 0 saturated heterocycles. The van der Waals surface area contributed by atoms with Crippen molar-refractivity contribution in [1.29, 1.82) is 0 Å². The van der Waals surface area contributed by atoms with E-state index in [1.54, 1.807) is 68.2 Å². The van der Waals surface area contributed by atoms with Gasteiger partial charge in [-0.15, -0.1) is 0 Å². The Bertz CT molecular complexity index is 1950. The first kappa shape index (κ1) is 30.7. The number of rotatable bonds is 8. The standard InChI is InChI=1S/C32H33FN6O4S/c1-20-14-21(16-29(40)37-22-18-36-39(19-22)31(2,3)4)15-25(33)30(20)43-27-11-13-34-26-10-9-23(17-24(26)27)44(41,42)32(5,6)28-8-7-12-35-38-28/h7-15,17-19H,16H2,1-6H3,(H,37,40). The molecule has 12 heteroatoms. The zero-order valence-corrected chi connectivity index (χ0v) is 26.1. The second kappa shape index (κ2) is 11.4. The normalized spacial score (nSPS) is 12.3. The number of carbonyl (C=O) groups excluding carboxylic acids is 1. The first-order valence-electron chi connectivity index (χ1n) is 13.9. The van der Waals surface area contributed by atoms with Crippen molar-refractivity contribution in [2.75, 3.05) is 5.32 Å². The Kier molecular flexibility index (Phi) is 7.98. The van der Waals surface area contributed by atoms with Crippen molar-refractivity contribution < 1.29 is 22.3 Å². The molecular weight excluding hydrogens is 583 g/mol. The fourth-order valence-electron chi connectivity index (χ4n) is 4.70. The number of anilines is 1. The number of aromatic nitrogens is 5. The van der Waals surface area contributed by atoms with E-state index in [1.165, 1.54) is 30.6 Å². The number of nitrogens with one attached hydrogen (secondary N) is 1. The fourth-order valence-corrected chi connectivity index (χ4v) is 6.19. The van der Waals surface area contributed by atoms with E-state index in [0.29, 0.717) is 33.4 Å². The monoisotopic (exact) mass is 616 g/mol. The Hall–Kier alpha value is -4.71. The van der Waals surface area contributed by atoms with Crippen molar-refractivity contribution in [3.05, 3.63) is 96.0 Å². The van der Waals surface area contributed by atoms with Crippen LogP contribution in [0.25, 0.3) is 10.9 Å². The van der Waals surface area contributed by atoms with E-state index >= 15 is 4.39 Å². The molecule has 5 rings (SSSR count). The maximum atomic E-state index is 15.4. The Morgan fingerprint density at radius 3 is 2.48 bits per heavy atom. The van der Waals surface area contributed by atoms with Crippen molar-refractivity contribution in [3.63, 3.8) is 0 Å². The van der Waals surface area contributed by atoms with Crippen LogP contribution in [0.15, 0.2) is 78.2 Å². The number of carbonyl (C=O) groups is 1. The molecule has 5 aromatic rings. The molecular formula is C32H33FN6O4S. The van der Waals surface area contributed by atoms with Gasteiger partial charge in [0, 0.05) is 24.0 Å². The van der Waals surface area contributed by atoms with Crippen LogP contribution in [0.5, 0.6) is 11.5 Å². The number of hydrogen-bond donors (Lipinski definition) is 1. The summed E-state index contributed by atoms with van der Waals surface area (Å²) in [5.41, 5.74) is 2.02. The molecule has 2 aromatic carbocycles. The molecule has 0 fully saturated rings. The minimum absolute atomic E-state index is 0.0325. The summed E-state index contributed by atoms with van der Waals surface area (Å²) >= 11 is 0. The van der Waals surface area contributed by atoms with Crippen molar-refractivity contribution in [1.82, 2.24) is 25.0 Å². The molecule has 0 atom stereocenters. The van der Waals surface area contributed by atoms with Crippen molar-refractivity contribution in [2.24, 2.45) is 0 Å². The second-order valence-corrected chi connectivity index (χ2v) is 14.5. The highest BCUT2D eigenvalue weighted by molar-refractivity contribution is 7.92. The topological polar surface area (TPSA) is 129 Å². The molecule has 10 nitrogen and oxygen atoms in total. The van der Waals surface area contributed by atoms with E-state index in [1.807, 2.05) is 20.8 Å². The zero-order valence-electron chi connectivity index (χ0n) is 25.3. The molecule has 0 aliphatic carbocycles. The third-order valence-corrected chi connectivity index (χ3v) is 9.69. The van der Waals surface area contributed by atoms with Gasteiger partial charge >= 0.3 is 0 Å². The van der Waals surface area contributed by atoms with Gasteiger partial charge in [-0.05, 0) is 95.1 Å². The Labute approximate surface area is 255 Å². The van der Waals surface area contributed by atoms with Gasteiger partial charge in [0.2, 0.25) is 5.91 Å². The molecule has 0 aliphatic heterocycles. The van der Waals surface area contributed by atoms with Crippen LogP contribution < -0.4 is 10.1 Å². The van der Waals surface area contributed by atoms with Gasteiger partial charge in [-0.25, -0.2) is 12.8 Å². The van der Waals surface area contributed by atoms with E-state index in [4.69, 9.17) is 4.74 Å². The highest BCUT2D eigenvalue weighted by atomic mass is 32.2. The molecule has 3 aromatic heterocycles. The van der Waals surface area contributed by atoms with Gasteiger partial charge in [0.05, 0.1) is 40.0 Å². The van der Waals surface area contributed by atoms with Crippen LogP contribution >= 0.6 is 0 Å². The molecule has 0 bridgehead atoms. The lowest BCUT2D eigenvalue weighted by Gasteiger charge is -2.24. The van der Waals surface area contributed by atoms with Crippen LogP contribution in [0, 0.1) is 12.7 Å². The largest absolute Gasteiger partial charge is 0.453 e. The van der Waals surface area contributed by atoms with Crippen LogP contribution in [0.4, 0.5) is 10.1 Å². The van der Waals surface area contributed by atoms with Crippen LogP contribution in [0.1, 0.15) is 51.4 Å². The third kappa shape index (κ3) is 6.02. The number of ether oxygens (including phenoxy) is 1. The maximum Gasteiger partial charge on any atom is 0.228 e. The molecule has 0 unspecified atom stereocenters. The number of pyridine rings is 1. The van der Waals surface area contributed by atoms with Crippen LogP contribution in [0.2, 0.25) is 0 Å². The van der Waals surface area contributed by atoms with E-state index in [2.05, 4.69) is 25.6 Å². The maximum absolute atomic E-state index is 15.4. The number of aryl methyl sites for hydroxylation is 1. The number of halogens is 1. The van der Waals surface area contributed by atoms with Gasteiger partial charge < -0.3 is 10.1 Å². The predicted molar refractivity (Wildman–Crippen MR) is 165 cm³/mol. The van der Waals surface area contributed by atoms with Crippen molar-refractivity contribution >= 4 is 32.3 Å². The van der Waals surface area contributed by atoms with Gasteiger partial charge in [-0.2, -0.15) is 15.3 Å². The van der Waals surface area contributed by atoms with Gasteiger partial charge in [0.1, 0.15) is 10.5 Å². The van der Waals surface area contributed by atoms with E-state index in [9.17, 15) is 13.2 Å². The minimum Gasteiger partial charge on any atom is -0.453 e. The van der Waals surface area contributed by atoms with E-state index in [0.717, 1.165) is 0 Å². The number of hydrogen-bond acceptors (Lipinski definition) is 8. The van der Waals surface area contributed by atoms with Crippen molar-refractivity contribution in [2.45, 2.75) is 63.1 Å². The molecule has 0 saturated carbocycles. The highest BCUT2D eigenvalue weighted by Gasteiger charge is 2.39. The van der Waals surface area contributed by atoms with Crippen LogP contribution in [0.3, 0.4) is 0 Å². The van der Waals surface area contributed by atoms with Gasteiger partial charge in [-0.1, -0.05) is 6.07 Å². The molecule has 44 heavy (non-hydrogen) atoms. The van der Waals surface area contributed by atoms with E-state index < -0.39 is 20.4 Å². The quantitative estimate of drug-likeness (QED) is 0.221. The number of nitrogens with zero attached hydrogens (tertiary/aromatic N) is 5. The molecule has 3 heterocycles. The lowest BCUT2D eigenvalue weighted by molar-refractivity contribution is -0.115. The zero-order chi connectivity index (χ0) is 31.9. The van der Waals surface area contributed by atoms with Crippen LogP contribution in [-0.4, -0.2) is 39.3 Å². The number of benzene rings is 2. The van der Waals surface area contributed by atoms with Gasteiger partial charge in [-0.3, -0.25) is 14.5 Å². The molecule has 0 radical (unpaired) electrons. The molecule has 0 spiro atoms. The Morgan fingerprint density at radius 1 is 1.05 bits per heavy atom. The van der Waals surface area contributed by atoms with Gasteiger partial charge in [0.15, 0.2) is 21.4 Å². The van der Waals surface area contributed by atoms with Gasteiger partial charge in [0.25, 0.3) is 0 Å². The van der Waals surface area contributed by atoms with E-state index in [-0.39, 0.29) is 34.3 Å². The van der Waals surface area contributed by atoms with Crippen molar-refractivity contribution in [3.8, 4) is 11.5 Å². The summed E-state index contributed by atoms with van der Waals surface area (Å²) in [7, 11) is -3.94. The Morgan fingerprint density at radius 2 is 1.82 bits per heavy atom. The summed E-state index contributed by atoms with van der Waals surface area (Å²) in [5.74, 6) is -0.788. The highest BCUT2D eigenvalue weighted by Crippen LogP contribution is 2.38. The number of sulfone groups is 1. The van der Waals surface area contributed by atoms with Crippen LogP contribution in [-0.2, 0) is 31.3 Å². The number of amides is 1. The summed E-state index contributed by atoms with van der Waals surface area (Å²) in [6, 6.07) is 12.3. The predicted octanol–water partition coefficient (Wildman–Crippen LogP) is 6.11. The molecule has 1 N–H and O–H groups in total. The first-order valence-corrected chi connectivity index (χ1v) is 15.4. The summed E-state index contributed by atoms with van der Waals surface area (Å²) in [6.45, 7) is 10.8. The molecule has 1 amide bonds. The smallest absolute Gasteiger partial charge is 0.228 e. The average molecular weight is 617 g/mol. The lowest BCUT2D eigenvalue weighted by atomic mass is 10.1. The molecule has 0 aliphatic rings. The fraction of sp³-hybridized carbons (Fsp3) is 0.281. The Balaban J connectivity index is 1.40.